The van der Waals surface area contributed by atoms with Crippen molar-refractivity contribution in [3.05, 3.63) is 120 Å². The van der Waals surface area contributed by atoms with Gasteiger partial charge in [0.05, 0.1) is 17.7 Å². The van der Waals surface area contributed by atoms with Crippen LogP contribution in [0.5, 0.6) is 5.75 Å². The molecule has 0 spiro atoms. The number of amides is 1. The van der Waals surface area contributed by atoms with Gasteiger partial charge in [-0.1, -0.05) is 54.6 Å². The molecule has 6 aromatic rings. The monoisotopic (exact) mass is 573 g/mol. The van der Waals surface area contributed by atoms with Crippen molar-refractivity contribution < 1.29 is 14.3 Å². The van der Waals surface area contributed by atoms with Gasteiger partial charge >= 0.3 is 0 Å². The second-order valence-corrected chi connectivity index (χ2v) is 9.98. The van der Waals surface area contributed by atoms with Gasteiger partial charge in [-0.15, -0.1) is 0 Å². The van der Waals surface area contributed by atoms with E-state index in [1.54, 1.807) is 6.20 Å². The van der Waals surface area contributed by atoms with E-state index in [1.807, 2.05) is 83.4 Å². The largest absolute Gasteiger partial charge is 0.505 e. The number of fused-ring (bicyclic) bond motifs is 1. The van der Waals surface area contributed by atoms with Gasteiger partial charge in [-0.2, -0.15) is 0 Å². The molecule has 1 amide bonds. The van der Waals surface area contributed by atoms with Crippen LogP contribution in [-0.2, 0) is 24.3 Å². The Labute approximate surface area is 246 Å². The Morgan fingerprint density at radius 1 is 0.907 bits per heavy atom. The molecule has 6 rings (SSSR count). The van der Waals surface area contributed by atoms with E-state index >= 15 is 0 Å². The lowest BCUT2D eigenvalue weighted by molar-refractivity contribution is -0.120. The minimum Gasteiger partial charge on any atom is -0.505 e. The third kappa shape index (κ3) is 5.51. The Hall–Kier alpha value is -5.61. The molecule has 0 aliphatic rings. The molecule has 10 heteroatoms. The molecular weight excluding hydrogens is 545 g/mol. The number of phenols is 1. The van der Waals surface area contributed by atoms with Crippen molar-refractivity contribution in [1.82, 2.24) is 24.8 Å². The molecule has 0 aliphatic carbocycles. The number of nitrogens with one attached hydrogen (secondary N) is 1. The summed E-state index contributed by atoms with van der Waals surface area (Å²) >= 11 is 0. The van der Waals surface area contributed by atoms with Crippen LogP contribution in [-0.4, -0.2) is 30.5 Å². The average Bonchev–Trinajstić information content (AvgIpc) is 3.42. The number of nitrogen functional groups attached to an aromatic ring is 1. The minimum atomic E-state index is -0.830. The second kappa shape index (κ2) is 11.7. The first-order valence-electron chi connectivity index (χ1n) is 13.6. The summed E-state index contributed by atoms with van der Waals surface area (Å²) in [7, 11) is 0. The predicted octanol–water partition coefficient (Wildman–Crippen LogP) is 4.89. The number of nitrogens with zero attached hydrogens (tertiary/aromatic N) is 4. The van der Waals surface area contributed by atoms with Gasteiger partial charge in [-0.05, 0) is 42.0 Å². The van der Waals surface area contributed by atoms with Crippen molar-refractivity contribution in [1.29, 1.82) is 0 Å². The van der Waals surface area contributed by atoms with Crippen molar-refractivity contribution in [2.45, 2.75) is 19.5 Å². The highest BCUT2D eigenvalue weighted by atomic mass is 19.1. The molecule has 3 heterocycles. The van der Waals surface area contributed by atoms with E-state index in [2.05, 4.69) is 10.3 Å². The molecule has 214 valence electrons. The van der Waals surface area contributed by atoms with E-state index in [1.165, 1.54) is 12.1 Å². The lowest BCUT2D eigenvalue weighted by Crippen LogP contribution is -2.25. The number of phenolic OH excluding ortho intramolecular Hbond substituents is 1. The van der Waals surface area contributed by atoms with Gasteiger partial charge in [-0.3, -0.25) is 9.36 Å². The molecule has 0 atom stereocenters. The Bertz CT molecular complexity index is 1940. The van der Waals surface area contributed by atoms with Gasteiger partial charge in [0.2, 0.25) is 5.91 Å². The molecule has 0 saturated heterocycles. The van der Waals surface area contributed by atoms with Crippen LogP contribution < -0.4 is 16.8 Å². The van der Waals surface area contributed by atoms with E-state index < -0.39 is 11.6 Å². The number of anilines is 1. The third-order valence-electron chi connectivity index (χ3n) is 7.19. The highest BCUT2D eigenvalue weighted by molar-refractivity contribution is 5.84. The van der Waals surface area contributed by atoms with E-state index in [4.69, 9.17) is 21.4 Å². The summed E-state index contributed by atoms with van der Waals surface area (Å²) in [6.45, 7) is 0.235. The quantitative estimate of drug-likeness (QED) is 0.203. The number of pyridine rings is 2. The number of imidazole rings is 1. The molecule has 0 radical (unpaired) electrons. The summed E-state index contributed by atoms with van der Waals surface area (Å²) in [5.74, 6) is -0.776. The highest BCUT2D eigenvalue weighted by Gasteiger charge is 2.19. The number of rotatable bonds is 8. The number of hydrogen-bond donors (Lipinski definition) is 4. The zero-order chi connectivity index (χ0) is 29.9. The molecule has 9 nitrogen and oxygen atoms in total. The van der Waals surface area contributed by atoms with Crippen molar-refractivity contribution in [2.75, 3.05) is 5.73 Å². The van der Waals surface area contributed by atoms with Crippen LogP contribution >= 0.6 is 0 Å². The first-order valence-corrected chi connectivity index (χ1v) is 13.6. The summed E-state index contributed by atoms with van der Waals surface area (Å²) < 4.78 is 16.4. The molecule has 0 bridgehead atoms. The van der Waals surface area contributed by atoms with Gasteiger partial charge in [0, 0.05) is 41.7 Å². The second-order valence-electron chi connectivity index (χ2n) is 9.98. The minimum absolute atomic E-state index is 0.00145. The van der Waals surface area contributed by atoms with E-state index in [0.29, 0.717) is 28.4 Å². The molecule has 3 aromatic carbocycles. The van der Waals surface area contributed by atoms with Crippen molar-refractivity contribution >= 4 is 22.9 Å². The van der Waals surface area contributed by atoms with Crippen LogP contribution in [0.15, 0.2) is 97.2 Å². The maximum atomic E-state index is 14.5. The van der Waals surface area contributed by atoms with Crippen LogP contribution in [0.4, 0.5) is 10.2 Å². The fourth-order valence-electron chi connectivity index (χ4n) is 4.91. The van der Waals surface area contributed by atoms with Crippen LogP contribution in [0.2, 0.25) is 0 Å². The molecule has 43 heavy (non-hydrogen) atoms. The fourth-order valence-corrected chi connectivity index (χ4v) is 4.91. The number of hydrogen-bond acceptors (Lipinski definition) is 7. The first kappa shape index (κ1) is 27.6. The molecular formula is C33H28FN7O2. The number of carbonyl (C=O) groups excluding carboxylic acids is 1. The molecule has 6 N–H and O–H groups in total. The average molecular weight is 574 g/mol. The first-order chi connectivity index (χ1) is 20.9. The van der Waals surface area contributed by atoms with Crippen molar-refractivity contribution in [3.63, 3.8) is 0 Å². The number of aromatic nitrogens is 4. The van der Waals surface area contributed by atoms with Crippen LogP contribution in [0, 0.1) is 5.82 Å². The van der Waals surface area contributed by atoms with Crippen molar-refractivity contribution in [3.8, 4) is 34.1 Å². The van der Waals surface area contributed by atoms with Gasteiger partial charge in [0.1, 0.15) is 11.3 Å². The fraction of sp³-hybridized carbons (Fsp3) is 0.0909. The maximum absolute atomic E-state index is 14.5. The number of benzene rings is 3. The highest BCUT2D eigenvalue weighted by Crippen LogP contribution is 2.32. The Balaban J connectivity index is 1.29. The van der Waals surface area contributed by atoms with E-state index in [9.17, 15) is 14.3 Å². The van der Waals surface area contributed by atoms with Crippen LogP contribution in [0.3, 0.4) is 0 Å². The van der Waals surface area contributed by atoms with Gasteiger partial charge < -0.3 is 21.9 Å². The molecule has 0 aliphatic heterocycles. The van der Waals surface area contributed by atoms with Gasteiger partial charge in [0.25, 0.3) is 0 Å². The number of aromatic hydroxyl groups is 1. The molecule has 0 fully saturated rings. The standard InChI is InChI=1S/C33H28FN7O2/c34-29-22(10-11-23(18-35)30(29)43)17-28(42)38-19-20-8-12-24(13-9-20)41-32(25-7-4-16-37-31(25)36)40-27-15-14-26(39-33(27)41)21-5-2-1-3-6-21/h1-16,43H,17-19,35H2,(H2,36,37)(H,38,42). The maximum Gasteiger partial charge on any atom is 0.224 e. The number of halogens is 1. The van der Waals surface area contributed by atoms with Gasteiger partial charge in [-0.25, -0.2) is 19.3 Å². The van der Waals surface area contributed by atoms with Gasteiger partial charge in [0.15, 0.2) is 23.0 Å². The molecule has 3 aromatic heterocycles. The van der Waals surface area contributed by atoms with Crippen LogP contribution in [0.25, 0.3) is 39.5 Å². The topological polar surface area (TPSA) is 145 Å². The Morgan fingerprint density at radius 3 is 2.42 bits per heavy atom. The summed E-state index contributed by atoms with van der Waals surface area (Å²) in [6, 6.07) is 28.1. The summed E-state index contributed by atoms with van der Waals surface area (Å²) in [6.07, 6.45) is 1.42. The zero-order valence-corrected chi connectivity index (χ0v) is 23.0. The molecule has 0 saturated carbocycles. The zero-order valence-electron chi connectivity index (χ0n) is 23.0. The SMILES string of the molecule is NCc1ccc(CC(=O)NCc2ccc(-n3c(-c4cccnc4N)nc4ccc(-c5ccccc5)nc43)cc2)c(F)c1O. The molecule has 0 unspecified atom stereocenters. The Morgan fingerprint density at radius 2 is 1.67 bits per heavy atom. The Kier molecular flexibility index (Phi) is 7.50. The summed E-state index contributed by atoms with van der Waals surface area (Å²) in [5.41, 5.74) is 17.6. The normalized spacial score (nSPS) is 11.1. The predicted molar refractivity (Wildman–Crippen MR) is 163 cm³/mol. The van der Waals surface area contributed by atoms with E-state index in [0.717, 1.165) is 22.5 Å². The summed E-state index contributed by atoms with van der Waals surface area (Å²) in [5, 5.41) is 12.8. The lowest BCUT2D eigenvalue weighted by Gasteiger charge is -2.12. The number of carbonyl (C=O) groups is 1. The lowest BCUT2D eigenvalue weighted by atomic mass is 10.1. The number of nitrogens with two attached hydrogens (primary N) is 2. The van der Waals surface area contributed by atoms with Crippen LogP contribution in [0.1, 0.15) is 16.7 Å². The van der Waals surface area contributed by atoms with E-state index in [-0.39, 0.29) is 36.5 Å². The summed E-state index contributed by atoms with van der Waals surface area (Å²) in [4.78, 5) is 26.7. The van der Waals surface area contributed by atoms with Crippen molar-refractivity contribution in [2.24, 2.45) is 5.73 Å². The third-order valence-corrected chi connectivity index (χ3v) is 7.19. The smallest absolute Gasteiger partial charge is 0.224 e.